The Hall–Kier alpha value is -1.59. The molecule has 1 atom stereocenters. The van der Waals surface area contributed by atoms with Gasteiger partial charge in [-0.25, -0.2) is 4.68 Å². The molecule has 20 heavy (non-hydrogen) atoms. The molecule has 0 saturated heterocycles. The molecule has 2 rings (SSSR count). The van der Waals surface area contributed by atoms with Crippen molar-refractivity contribution >= 4 is 11.6 Å². The number of nitrogens with zero attached hydrogens (tertiary/aromatic N) is 3. The molecular weight excluding hydrogens is 278 g/mol. The number of halogens is 1. The summed E-state index contributed by atoms with van der Waals surface area (Å²) in [6.07, 6.45) is 1.04. The molecule has 0 bridgehead atoms. The first-order valence-corrected chi connectivity index (χ1v) is 6.73. The molecule has 2 aromatic rings. The third-order valence-corrected chi connectivity index (χ3v) is 3.15. The topological polar surface area (TPSA) is 60.2 Å². The summed E-state index contributed by atoms with van der Waals surface area (Å²) in [4.78, 5) is 4.05. The molecule has 0 fully saturated rings. The van der Waals surface area contributed by atoms with Gasteiger partial charge in [0.05, 0.1) is 12.6 Å². The van der Waals surface area contributed by atoms with Crippen LogP contribution in [0.15, 0.2) is 30.6 Å². The van der Waals surface area contributed by atoms with Crippen molar-refractivity contribution in [2.45, 2.75) is 33.4 Å². The monoisotopic (exact) mass is 295 g/mol. The number of hydrogen-bond acceptors (Lipinski definition) is 4. The van der Waals surface area contributed by atoms with Crippen LogP contribution >= 0.6 is 11.6 Å². The molecule has 1 N–H and O–H groups in total. The molecule has 1 unspecified atom stereocenters. The normalized spacial score (nSPS) is 13.2. The van der Waals surface area contributed by atoms with Crippen LogP contribution < -0.4 is 4.74 Å². The van der Waals surface area contributed by atoms with Gasteiger partial charge in [-0.15, -0.1) is 5.10 Å². The quantitative estimate of drug-likeness (QED) is 0.941. The molecule has 1 aromatic heterocycles. The first-order valence-electron chi connectivity index (χ1n) is 6.35. The van der Waals surface area contributed by atoms with Crippen molar-refractivity contribution in [1.29, 1.82) is 0 Å². The van der Waals surface area contributed by atoms with Gasteiger partial charge in [0.1, 0.15) is 12.1 Å². The van der Waals surface area contributed by atoms with Gasteiger partial charge in [-0.3, -0.25) is 0 Å². The van der Waals surface area contributed by atoms with Crippen molar-refractivity contribution < 1.29 is 9.84 Å². The van der Waals surface area contributed by atoms with Gasteiger partial charge in [-0.1, -0.05) is 32.4 Å². The van der Waals surface area contributed by atoms with E-state index < -0.39 is 6.10 Å². The lowest BCUT2D eigenvalue weighted by Gasteiger charge is -2.25. The molecule has 0 radical (unpaired) electrons. The van der Waals surface area contributed by atoms with Crippen LogP contribution in [0.3, 0.4) is 0 Å². The summed E-state index contributed by atoms with van der Waals surface area (Å²) in [5.74, 6) is 0.614. The zero-order valence-corrected chi connectivity index (χ0v) is 12.5. The van der Waals surface area contributed by atoms with Gasteiger partial charge in [-0.05, 0) is 29.7 Å². The van der Waals surface area contributed by atoms with E-state index in [0.717, 1.165) is 0 Å². The minimum Gasteiger partial charge on any atom is -0.423 e. The summed E-state index contributed by atoms with van der Waals surface area (Å²) in [6, 6.07) is 7.20. The lowest BCUT2D eigenvalue weighted by atomic mass is 9.89. The van der Waals surface area contributed by atoms with Gasteiger partial charge in [0.25, 0.3) is 0 Å². The van der Waals surface area contributed by atoms with Crippen LogP contribution in [0, 0.1) is 5.41 Å². The minimum absolute atomic E-state index is 0.205. The molecule has 0 aliphatic rings. The van der Waals surface area contributed by atoms with Crippen molar-refractivity contribution in [3.8, 4) is 11.8 Å². The molecule has 6 heteroatoms. The third-order valence-electron chi connectivity index (χ3n) is 2.90. The molecule has 108 valence electrons. The van der Waals surface area contributed by atoms with Crippen molar-refractivity contribution in [2.75, 3.05) is 0 Å². The predicted octanol–water partition coefficient (Wildman–Crippen LogP) is 3.13. The van der Waals surface area contributed by atoms with Gasteiger partial charge in [0.2, 0.25) is 0 Å². The highest BCUT2D eigenvalue weighted by Crippen LogP contribution is 2.22. The Kier molecular flexibility index (Phi) is 4.30. The first kappa shape index (κ1) is 14.8. The van der Waals surface area contributed by atoms with Crippen molar-refractivity contribution in [3.05, 3.63) is 35.6 Å². The summed E-state index contributed by atoms with van der Waals surface area (Å²) >= 11 is 5.80. The fraction of sp³-hybridized carbons (Fsp3) is 0.429. The second-order valence-corrected chi connectivity index (χ2v) is 6.12. The standard InChI is InChI=1S/C14H18ClN3O2/c1-14(2,3)12(19)8-18-9-16-13(17-18)20-11-6-4-10(15)5-7-11/h4-7,9,12,19H,8H2,1-3H3. The van der Waals surface area contributed by atoms with E-state index >= 15 is 0 Å². The number of aliphatic hydroxyl groups excluding tert-OH is 1. The van der Waals surface area contributed by atoms with E-state index in [4.69, 9.17) is 16.3 Å². The molecule has 0 aliphatic heterocycles. The van der Waals surface area contributed by atoms with Crippen LogP contribution in [-0.4, -0.2) is 26.0 Å². The highest BCUT2D eigenvalue weighted by molar-refractivity contribution is 6.30. The van der Waals surface area contributed by atoms with Gasteiger partial charge in [0, 0.05) is 5.02 Å². The van der Waals surface area contributed by atoms with Crippen molar-refractivity contribution in [3.63, 3.8) is 0 Å². The molecule has 5 nitrogen and oxygen atoms in total. The summed E-state index contributed by atoms with van der Waals surface area (Å²) in [7, 11) is 0. The maximum atomic E-state index is 10.0. The Morgan fingerprint density at radius 3 is 2.55 bits per heavy atom. The van der Waals surface area contributed by atoms with Crippen LogP contribution in [0.25, 0.3) is 0 Å². The predicted molar refractivity (Wildman–Crippen MR) is 77.0 cm³/mol. The Labute approximate surface area is 123 Å². The van der Waals surface area contributed by atoms with E-state index in [1.165, 1.54) is 0 Å². The van der Waals surface area contributed by atoms with Gasteiger partial charge < -0.3 is 9.84 Å². The fourth-order valence-electron chi connectivity index (χ4n) is 1.47. The van der Waals surface area contributed by atoms with Crippen molar-refractivity contribution in [2.24, 2.45) is 5.41 Å². The number of benzene rings is 1. The molecule has 1 heterocycles. The number of rotatable bonds is 4. The summed E-state index contributed by atoms with van der Waals surface area (Å²) in [5, 5.41) is 14.8. The Bertz CT molecular complexity index is 561. The van der Waals surface area contributed by atoms with E-state index in [9.17, 15) is 5.11 Å². The molecule has 0 amide bonds. The average Bonchev–Trinajstić information content (AvgIpc) is 2.78. The second kappa shape index (κ2) is 5.81. The number of ether oxygens (including phenoxy) is 1. The second-order valence-electron chi connectivity index (χ2n) is 5.69. The van der Waals surface area contributed by atoms with E-state index in [0.29, 0.717) is 17.3 Å². The molecule has 0 spiro atoms. The zero-order valence-electron chi connectivity index (χ0n) is 11.7. The lowest BCUT2D eigenvalue weighted by molar-refractivity contribution is 0.0448. The van der Waals surface area contributed by atoms with Gasteiger partial charge >= 0.3 is 6.01 Å². The van der Waals surface area contributed by atoms with E-state index in [-0.39, 0.29) is 11.4 Å². The Morgan fingerprint density at radius 1 is 1.30 bits per heavy atom. The van der Waals surface area contributed by atoms with Crippen LogP contribution in [0.2, 0.25) is 5.02 Å². The van der Waals surface area contributed by atoms with Crippen LogP contribution in [0.1, 0.15) is 20.8 Å². The summed E-state index contributed by atoms with van der Waals surface area (Å²) < 4.78 is 7.07. The van der Waals surface area contributed by atoms with Crippen LogP contribution in [0.5, 0.6) is 11.8 Å². The van der Waals surface area contributed by atoms with Gasteiger partial charge in [0.15, 0.2) is 0 Å². The third kappa shape index (κ3) is 3.95. The Morgan fingerprint density at radius 2 is 1.95 bits per heavy atom. The number of aromatic nitrogens is 3. The van der Waals surface area contributed by atoms with Crippen molar-refractivity contribution in [1.82, 2.24) is 14.8 Å². The zero-order chi connectivity index (χ0) is 14.8. The fourth-order valence-corrected chi connectivity index (χ4v) is 1.60. The molecule has 0 aliphatic carbocycles. The average molecular weight is 296 g/mol. The summed E-state index contributed by atoms with van der Waals surface area (Å²) in [6.45, 7) is 6.29. The highest BCUT2D eigenvalue weighted by atomic mass is 35.5. The van der Waals surface area contributed by atoms with E-state index in [1.807, 2.05) is 20.8 Å². The maximum Gasteiger partial charge on any atom is 0.340 e. The highest BCUT2D eigenvalue weighted by Gasteiger charge is 2.23. The molecule has 1 aromatic carbocycles. The van der Waals surface area contributed by atoms with Crippen LogP contribution in [-0.2, 0) is 6.54 Å². The minimum atomic E-state index is -0.507. The number of hydrogen-bond donors (Lipinski definition) is 1. The lowest BCUT2D eigenvalue weighted by Crippen LogP contribution is -2.30. The first-order chi connectivity index (χ1) is 9.34. The van der Waals surface area contributed by atoms with E-state index in [2.05, 4.69) is 10.1 Å². The maximum absolute atomic E-state index is 10.0. The molecule has 0 saturated carbocycles. The number of aliphatic hydroxyl groups is 1. The smallest absolute Gasteiger partial charge is 0.340 e. The van der Waals surface area contributed by atoms with Crippen LogP contribution in [0.4, 0.5) is 0 Å². The van der Waals surface area contributed by atoms with Gasteiger partial charge in [-0.2, -0.15) is 4.98 Å². The van der Waals surface area contributed by atoms with E-state index in [1.54, 1.807) is 35.3 Å². The molecular formula is C14H18ClN3O2. The SMILES string of the molecule is CC(C)(C)C(O)Cn1cnc(Oc2ccc(Cl)cc2)n1. The Balaban J connectivity index is 2.00. The largest absolute Gasteiger partial charge is 0.423 e. The summed E-state index contributed by atoms with van der Waals surface area (Å²) in [5.41, 5.74) is -0.205.